The van der Waals surface area contributed by atoms with E-state index in [0.29, 0.717) is 6.42 Å². The van der Waals surface area contributed by atoms with Gasteiger partial charge in [0.05, 0.1) is 23.3 Å². The van der Waals surface area contributed by atoms with Crippen LogP contribution >= 0.6 is 15.9 Å². The Morgan fingerprint density at radius 3 is 3.05 bits per heavy atom. The monoisotopic (exact) mass is 354 g/mol. The first-order valence-corrected chi connectivity index (χ1v) is 8.00. The molecule has 1 aliphatic heterocycles. The topological polar surface area (TPSA) is 56.5 Å². The summed E-state index contributed by atoms with van der Waals surface area (Å²) in [5.41, 5.74) is 2.03. The zero-order chi connectivity index (χ0) is 14.8. The number of ether oxygens (including phenoxy) is 2. The first kappa shape index (κ1) is 14.8. The lowest BCUT2D eigenvalue weighted by atomic mass is 10.1. The van der Waals surface area contributed by atoms with Crippen molar-refractivity contribution in [1.82, 2.24) is 9.78 Å². The molecule has 1 saturated heterocycles. The second kappa shape index (κ2) is 6.34. The lowest BCUT2D eigenvalue weighted by Gasteiger charge is -2.24. The summed E-state index contributed by atoms with van der Waals surface area (Å²) in [7, 11) is 1.64. The fourth-order valence-corrected chi connectivity index (χ4v) is 3.54. The summed E-state index contributed by atoms with van der Waals surface area (Å²) in [6.07, 6.45) is 5.60. The highest BCUT2D eigenvalue weighted by Crippen LogP contribution is 2.37. The molecular formula is C15H19BrN2O3. The molecule has 3 rings (SSSR count). The van der Waals surface area contributed by atoms with E-state index in [-0.39, 0.29) is 12.8 Å². The number of halogens is 1. The van der Waals surface area contributed by atoms with Gasteiger partial charge in [-0.1, -0.05) is 0 Å². The molecule has 2 aromatic rings. The van der Waals surface area contributed by atoms with Crippen molar-refractivity contribution in [2.75, 3.05) is 20.3 Å². The summed E-state index contributed by atoms with van der Waals surface area (Å²) < 4.78 is 14.1. The molecule has 1 fully saturated rings. The van der Waals surface area contributed by atoms with Gasteiger partial charge >= 0.3 is 0 Å². The number of aliphatic hydroxyl groups excluding tert-OH is 1. The third-order valence-electron chi connectivity index (χ3n) is 3.89. The van der Waals surface area contributed by atoms with Gasteiger partial charge in [0.2, 0.25) is 0 Å². The van der Waals surface area contributed by atoms with Crippen molar-refractivity contribution in [3.8, 4) is 5.75 Å². The summed E-state index contributed by atoms with van der Waals surface area (Å²) >= 11 is 3.59. The maximum absolute atomic E-state index is 9.38. The second-order valence-corrected chi connectivity index (χ2v) is 5.99. The average Bonchev–Trinajstić information content (AvgIpc) is 2.94. The van der Waals surface area contributed by atoms with E-state index in [1.807, 2.05) is 16.9 Å². The predicted molar refractivity (Wildman–Crippen MR) is 83.6 cm³/mol. The van der Waals surface area contributed by atoms with Gasteiger partial charge in [0, 0.05) is 18.6 Å². The molecule has 1 aliphatic rings. The van der Waals surface area contributed by atoms with Crippen molar-refractivity contribution in [2.45, 2.75) is 31.9 Å². The van der Waals surface area contributed by atoms with E-state index >= 15 is 0 Å². The van der Waals surface area contributed by atoms with Crippen LogP contribution in [0.3, 0.4) is 0 Å². The van der Waals surface area contributed by atoms with Gasteiger partial charge in [-0.05, 0) is 53.2 Å². The number of aliphatic hydroxyl groups is 1. The van der Waals surface area contributed by atoms with Crippen molar-refractivity contribution in [3.05, 3.63) is 22.3 Å². The third-order valence-corrected chi connectivity index (χ3v) is 4.76. The van der Waals surface area contributed by atoms with E-state index in [2.05, 4.69) is 21.0 Å². The Hall–Kier alpha value is -1.11. The molecule has 21 heavy (non-hydrogen) atoms. The van der Waals surface area contributed by atoms with Crippen LogP contribution in [0.15, 0.2) is 16.7 Å². The molecule has 1 N–H and O–H groups in total. The number of rotatable bonds is 4. The van der Waals surface area contributed by atoms with Gasteiger partial charge in [-0.3, -0.25) is 0 Å². The predicted octanol–water partition coefficient (Wildman–Crippen LogP) is 3.04. The normalized spacial score (nSPS) is 19.1. The SMILES string of the molecule is COc1cc2cnn(C3CCCCO3)c2c(CCO)c1Br. The van der Waals surface area contributed by atoms with Crippen LogP contribution < -0.4 is 4.74 Å². The number of fused-ring (bicyclic) bond motifs is 1. The van der Waals surface area contributed by atoms with Crippen molar-refractivity contribution in [3.63, 3.8) is 0 Å². The second-order valence-electron chi connectivity index (χ2n) is 5.19. The number of hydrogen-bond acceptors (Lipinski definition) is 4. The zero-order valence-electron chi connectivity index (χ0n) is 12.0. The fraction of sp³-hybridized carbons (Fsp3) is 0.533. The number of nitrogens with zero attached hydrogens (tertiary/aromatic N) is 2. The molecule has 1 unspecified atom stereocenters. The lowest BCUT2D eigenvalue weighted by Crippen LogP contribution is -2.19. The van der Waals surface area contributed by atoms with Crippen LogP contribution in [-0.4, -0.2) is 35.2 Å². The van der Waals surface area contributed by atoms with Crippen molar-refractivity contribution in [2.24, 2.45) is 0 Å². The molecule has 6 heteroatoms. The lowest BCUT2D eigenvalue weighted by molar-refractivity contribution is -0.0367. The maximum atomic E-state index is 9.38. The Bertz CT molecular complexity index is 635. The Balaban J connectivity index is 2.15. The van der Waals surface area contributed by atoms with Crippen LogP contribution in [0.5, 0.6) is 5.75 Å². The smallest absolute Gasteiger partial charge is 0.150 e. The van der Waals surface area contributed by atoms with Crippen LogP contribution in [0.4, 0.5) is 0 Å². The van der Waals surface area contributed by atoms with E-state index in [1.54, 1.807) is 7.11 Å². The highest BCUT2D eigenvalue weighted by molar-refractivity contribution is 9.10. The van der Waals surface area contributed by atoms with Gasteiger partial charge in [0.15, 0.2) is 6.23 Å². The Morgan fingerprint density at radius 1 is 1.52 bits per heavy atom. The summed E-state index contributed by atoms with van der Waals surface area (Å²) in [4.78, 5) is 0. The van der Waals surface area contributed by atoms with Crippen molar-refractivity contribution in [1.29, 1.82) is 0 Å². The van der Waals surface area contributed by atoms with Gasteiger partial charge in [0.25, 0.3) is 0 Å². The molecule has 0 aliphatic carbocycles. The average molecular weight is 355 g/mol. The Morgan fingerprint density at radius 2 is 2.38 bits per heavy atom. The highest BCUT2D eigenvalue weighted by Gasteiger charge is 2.22. The molecule has 1 aromatic carbocycles. The molecule has 5 nitrogen and oxygen atoms in total. The third kappa shape index (κ3) is 2.67. The number of methoxy groups -OCH3 is 1. The molecule has 2 heterocycles. The van der Waals surface area contributed by atoms with E-state index in [4.69, 9.17) is 9.47 Å². The first-order chi connectivity index (χ1) is 10.3. The number of aromatic nitrogens is 2. The standard InChI is InChI=1S/C15H19BrN2O3/c1-20-12-8-10-9-17-18(13-4-2-3-7-21-13)15(10)11(5-6-19)14(12)16/h8-9,13,19H,2-7H2,1H3. The number of benzene rings is 1. The molecular weight excluding hydrogens is 336 g/mol. The van der Waals surface area contributed by atoms with Crippen LogP contribution in [0.25, 0.3) is 10.9 Å². The molecule has 0 spiro atoms. The molecule has 0 saturated carbocycles. The summed E-state index contributed by atoms with van der Waals surface area (Å²) in [5.74, 6) is 0.759. The fourth-order valence-electron chi connectivity index (χ4n) is 2.87. The van der Waals surface area contributed by atoms with Crippen LogP contribution in [-0.2, 0) is 11.2 Å². The minimum Gasteiger partial charge on any atom is -0.496 e. The summed E-state index contributed by atoms with van der Waals surface area (Å²) in [6, 6.07) is 1.96. The van der Waals surface area contributed by atoms with Gasteiger partial charge in [-0.2, -0.15) is 5.10 Å². The molecule has 0 amide bonds. The summed E-state index contributed by atoms with van der Waals surface area (Å²) in [6.45, 7) is 0.857. The van der Waals surface area contributed by atoms with Crippen LogP contribution in [0, 0.1) is 0 Å². The molecule has 0 bridgehead atoms. The zero-order valence-corrected chi connectivity index (χ0v) is 13.6. The van der Waals surface area contributed by atoms with Gasteiger partial charge in [-0.15, -0.1) is 0 Å². The molecule has 1 aromatic heterocycles. The van der Waals surface area contributed by atoms with E-state index in [0.717, 1.165) is 52.6 Å². The van der Waals surface area contributed by atoms with Crippen molar-refractivity contribution < 1.29 is 14.6 Å². The van der Waals surface area contributed by atoms with Gasteiger partial charge in [0.1, 0.15) is 5.75 Å². The molecule has 1 atom stereocenters. The van der Waals surface area contributed by atoms with Gasteiger partial charge in [-0.25, -0.2) is 4.68 Å². The Kier molecular flexibility index (Phi) is 4.47. The largest absolute Gasteiger partial charge is 0.496 e. The highest BCUT2D eigenvalue weighted by atomic mass is 79.9. The van der Waals surface area contributed by atoms with E-state index < -0.39 is 0 Å². The first-order valence-electron chi connectivity index (χ1n) is 7.21. The van der Waals surface area contributed by atoms with Crippen LogP contribution in [0.1, 0.15) is 31.1 Å². The van der Waals surface area contributed by atoms with E-state index in [1.165, 1.54) is 0 Å². The summed E-state index contributed by atoms with van der Waals surface area (Å²) in [5, 5.41) is 14.9. The van der Waals surface area contributed by atoms with Crippen LogP contribution in [0.2, 0.25) is 0 Å². The molecule has 114 valence electrons. The minimum absolute atomic E-state index is 0.0195. The van der Waals surface area contributed by atoms with Gasteiger partial charge < -0.3 is 14.6 Å². The Labute approximate surface area is 132 Å². The van der Waals surface area contributed by atoms with Crippen molar-refractivity contribution >= 4 is 26.8 Å². The minimum atomic E-state index is -0.0195. The maximum Gasteiger partial charge on any atom is 0.150 e. The quantitative estimate of drug-likeness (QED) is 0.916. The van der Waals surface area contributed by atoms with E-state index in [9.17, 15) is 5.11 Å². The molecule has 0 radical (unpaired) electrons. The number of hydrogen-bond donors (Lipinski definition) is 1.